The molecule has 2 atom stereocenters. The lowest BCUT2D eigenvalue weighted by atomic mass is 9.57. The van der Waals surface area contributed by atoms with Gasteiger partial charge in [-0.1, -0.05) is 83.1 Å². The Labute approximate surface area is 226 Å². The zero-order valence-electron chi connectivity index (χ0n) is 22.9. The largest absolute Gasteiger partial charge is 0.507 e. The lowest BCUT2D eigenvalue weighted by Crippen LogP contribution is -2.73. The number of methoxy groups -OCH3 is 1. The number of fused-ring (bicyclic) bond motifs is 3. The minimum Gasteiger partial charge on any atom is -0.507 e. The van der Waals surface area contributed by atoms with Crippen LogP contribution in [0.25, 0.3) is 32.7 Å². The second kappa shape index (κ2) is 8.18. The summed E-state index contributed by atoms with van der Waals surface area (Å²) in [6, 6.07) is 18.1. The molecule has 2 saturated heterocycles. The first-order valence-corrected chi connectivity index (χ1v) is 13.0. The van der Waals surface area contributed by atoms with Gasteiger partial charge in [0.15, 0.2) is 5.60 Å². The van der Waals surface area contributed by atoms with Crippen LogP contribution in [0.3, 0.4) is 0 Å². The number of hydrogen-bond donors (Lipinski definition) is 2. The third-order valence-corrected chi connectivity index (χ3v) is 8.46. The lowest BCUT2D eigenvalue weighted by Gasteiger charge is -2.61. The summed E-state index contributed by atoms with van der Waals surface area (Å²) < 4.78 is 11.4. The van der Waals surface area contributed by atoms with E-state index < -0.39 is 17.4 Å². The number of carbonyl (C=O) groups excluding carboxylic acids is 1. The van der Waals surface area contributed by atoms with E-state index in [9.17, 15) is 15.0 Å². The van der Waals surface area contributed by atoms with Gasteiger partial charge in [-0.3, -0.25) is 0 Å². The molecule has 4 aromatic carbocycles. The maximum absolute atomic E-state index is 12.6. The van der Waals surface area contributed by atoms with E-state index in [2.05, 4.69) is 34.6 Å². The molecular formula is C32H32O7. The molecule has 2 unspecified atom stereocenters. The highest BCUT2D eigenvalue weighted by Gasteiger charge is 2.81. The van der Waals surface area contributed by atoms with Gasteiger partial charge in [-0.15, -0.1) is 0 Å². The number of carbonyl (C=O) groups is 1. The Morgan fingerprint density at radius 3 is 2.28 bits per heavy atom. The third-order valence-electron chi connectivity index (χ3n) is 8.46. The topological polar surface area (TPSA) is 94.5 Å². The minimum absolute atomic E-state index is 0.0145. The average Bonchev–Trinajstić information content (AvgIpc) is 3.04. The molecule has 0 amide bonds. The molecule has 2 fully saturated rings. The first-order valence-electron chi connectivity index (χ1n) is 13.0. The molecule has 4 aromatic rings. The lowest BCUT2D eigenvalue weighted by molar-refractivity contribution is -0.626. The maximum atomic E-state index is 12.6. The smallest absolute Gasteiger partial charge is 0.341 e. The van der Waals surface area contributed by atoms with Crippen molar-refractivity contribution in [2.45, 2.75) is 46.0 Å². The van der Waals surface area contributed by atoms with Crippen LogP contribution >= 0.6 is 0 Å². The van der Waals surface area contributed by atoms with E-state index >= 15 is 0 Å². The van der Waals surface area contributed by atoms with Crippen molar-refractivity contribution in [1.29, 1.82) is 0 Å². The molecule has 0 bridgehead atoms. The molecule has 0 spiro atoms. The van der Waals surface area contributed by atoms with Gasteiger partial charge < -0.3 is 19.7 Å². The average molecular weight is 529 g/mol. The fraction of sp³-hybridized carbons (Fsp3) is 0.344. The first kappa shape index (κ1) is 25.6. The van der Waals surface area contributed by atoms with Crippen molar-refractivity contribution in [3.05, 3.63) is 71.8 Å². The van der Waals surface area contributed by atoms with Crippen LogP contribution in [0.5, 0.6) is 11.5 Å². The second-order valence-electron chi connectivity index (χ2n) is 12.1. The van der Waals surface area contributed by atoms with Crippen LogP contribution in [0.1, 0.15) is 50.5 Å². The summed E-state index contributed by atoms with van der Waals surface area (Å²) >= 11 is 0. The summed E-state index contributed by atoms with van der Waals surface area (Å²) in [6.07, 6.45) is 0. The van der Waals surface area contributed by atoms with Crippen LogP contribution in [-0.2, 0) is 25.0 Å². The molecule has 7 nitrogen and oxygen atoms in total. The van der Waals surface area contributed by atoms with Gasteiger partial charge in [0.25, 0.3) is 5.79 Å². The number of rotatable bonds is 3. The minimum atomic E-state index is -1.18. The van der Waals surface area contributed by atoms with Crippen molar-refractivity contribution in [1.82, 2.24) is 0 Å². The van der Waals surface area contributed by atoms with Crippen LogP contribution in [0, 0.1) is 10.8 Å². The van der Waals surface area contributed by atoms with Crippen molar-refractivity contribution >= 4 is 27.5 Å². The summed E-state index contributed by atoms with van der Waals surface area (Å²) in [5, 5.41) is 25.5. The highest BCUT2D eigenvalue weighted by atomic mass is 17.3. The molecule has 2 N–H and O–H groups in total. The van der Waals surface area contributed by atoms with Crippen LogP contribution in [0.15, 0.2) is 60.7 Å². The predicted molar refractivity (Wildman–Crippen MR) is 147 cm³/mol. The van der Waals surface area contributed by atoms with Crippen molar-refractivity contribution in [3.63, 3.8) is 0 Å². The fourth-order valence-electron chi connectivity index (χ4n) is 6.97. The van der Waals surface area contributed by atoms with Crippen molar-refractivity contribution in [3.8, 4) is 22.6 Å². The Balaban J connectivity index is 1.69. The van der Waals surface area contributed by atoms with E-state index in [0.29, 0.717) is 28.5 Å². The van der Waals surface area contributed by atoms with Crippen LogP contribution in [-0.4, -0.2) is 35.5 Å². The zero-order chi connectivity index (χ0) is 28.0. The van der Waals surface area contributed by atoms with Gasteiger partial charge in [-0.05, 0) is 33.7 Å². The van der Waals surface area contributed by atoms with E-state index in [-0.39, 0.29) is 27.9 Å². The molecule has 202 valence electrons. The summed E-state index contributed by atoms with van der Waals surface area (Å²) in [6.45, 7) is 11.0. The monoisotopic (exact) mass is 528 g/mol. The highest BCUT2D eigenvalue weighted by Crippen LogP contribution is 2.69. The number of hydrogen-bond acceptors (Lipinski definition) is 7. The van der Waals surface area contributed by atoms with Gasteiger partial charge in [0, 0.05) is 27.5 Å². The first-order chi connectivity index (χ1) is 18.4. The summed E-state index contributed by atoms with van der Waals surface area (Å²) in [5.74, 6) is -2.16. The van der Waals surface area contributed by atoms with Gasteiger partial charge in [-0.25, -0.2) is 9.68 Å². The van der Waals surface area contributed by atoms with Gasteiger partial charge >= 0.3 is 5.97 Å². The van der Waals surface area contributed by atoms with E-state index in [4.69, 9.17) is 19.2 Å². The summed E-state index contributed by atoms with van der Waals surface area (Å²) in [4.78, 5) is 24.6. The molecule has 2 aliphatic heterocycles. The molecule has 0 saturated carbocycles. The van der Waals surface area contributed by atoms with Crippen LogP contribution in [0.2, 0.25) is 0 Å². The third kappa shape index (κ3) is 3.12. The molecule has 6 rings (SSSR count). The Hall–Kier alpha value is -3.65. The molecule has 7 heteroatoms. The van der Waals surface area contributed by atoms with Gasteiger partial charge in [0.2, 0.25) is 0 Å². The maximum Gasteiger partial charge on any atom is 0.341 e. The van der Waals surface area contributed by atoms with Gasteiger partial charge in [-0.2, -0.15) is 4.89 Å². The molecule has 0 aliphatic carbocycles. The van der Waals surface area contributed by atoms with E-state index in [1.807, 2.05) is 48.5 Å². The van der Waals surface area contributed by atoms with E-state index in [0.717, 1.165) is 16.3 Å². The van der Waals surface area contributed by atoms with Crippen LogP contribution < -0.4 is 0 Å². The zero-order valence-corrected chi connectivity index (χ0v) is 22.9. The van der Waals surface area contributed by atoms with E-state index in [1.165, 1.54) is 7.11 Å². The number of benzene rings is 4. The van der Waals surface area contributed by atoms with Gasteiger partial charge in [0.05, 0.1) is 13.7 Å². The van der Waals surface area contributed by atoms with Crippen molar-refractivity contribution in [2.75, 3.05) is 13.7 Å². The van der Waals surface area contributed by atoms with Crippen molar-refractivity contribution < 1.29 is 34.3 Å². The Kier molecular flexibility index (Phi) is 5.37. The normalized spacial score (nSPS) is 23.9. The van der Waals surface area contributed by atoms with Crippen LogP contribution in [0.4, 0.5) is 0 Å². The quantitative estimate of drug-likeness (QED) is 0.223. The number of esters is 1. The highest BCUT2D eigenvalue weighted by molar-refractivity contribution is 6.13. The number of aromatic hydroxyl groups is 2. The van der Waals surface area contributed by atoms with Crippen molar-refractivity contribution in [2.24, 2.45) is 10.8 Å². The fourth-order valence-corrected chi connectivity index (χ4v) is 6.97. The Morgan fingerprint density at radius 1 is 0.897 bits per heavy atom. The summed E-state index contributed by atoms with van der Waals surface area (Å²) in [5.41, 5.74) is 0.00180. The SMILES string of the molecule is COC(=O)c1cc2ccccc2c(-c2c(O)ccc3c(C45OCC(C)(C)C4(C(C)(C)C)OO5)cccc23)c1O. The van der Waals surface area contributed by atoms with E-state index in [1.54, 1.807) is 12.1 Å². The Bertz CT molecular complexity index is 1670. The number of phenols is 2. The Morgan fingerprint density at radius 2 is 1.62 bits per heavy atom. The molecular weight excluding hydrogens is 496 g/mol. The number of phenolic OH excluding ortho intramolecular Hbond substituents is 2. The second-order valence-corrected chi connectivity index (χ2v) is 12.1. The molecule has 0 radical (unpaired) electrons. The van der Waals surface area contributed by atoms with Gasteiger partial charge in [0.1, 0.15) is 17.1 Å². The molecule has 39 heavy (non-hydrogen) atoms. The predicted octanol–water partition coefficient (Wildman–Crippen LogP) is 6.81. The summed E-state index contributed by atoms with van der Waals surface area (Å²) in [7, 11) is 1.27. The standard InChI is InChI=1S/C32H32O7/c1-29(2,3)32-30(4,5)17-37-31(32,38-39-32)23-13-9-12-21-20(23)14-15-24(33)25(21)26-19-11-8-7-10-18(19)16-22(27(26)34)28(35)36-6/h7-16,33-34H,17H2,1-6H3. The molecule has 2 heterocycles. The molecule has 0 aromatic heterocycles. The molecule has 2 aliphatic rings. The number of ether oxygens (including phenoxy) is 2.